The molecule has 18 heavy (non-hydrogen) atoms. The first-order chi connectivity index (χ1) is 8.74. The maximum absolute atomic E-state index is 11.5. The summed E-state index contributed by atoms with van der Waals surface area (Å²) >= 11 is 0. The zero-order valence-electron chi connectivity index (χ0n) is 10.0. The summed E-state index contributed by atoms with van der Waals surface area (Å²) in [6, 6.07) is 9.28. The fraction of sp³-hybridized carbons (Fsp3) is 0.462. The molecule has 98 valence electrons. The fourth-order valence-electron chi connectivity index (χ4n) is 1.84. The number of rotatable bonds is 3. The summed E-state index contributed by atoms with van der Waals surface area (Å²) in [5.41, 5.74) is 0.938. The van der Waals surface area contributed by atoms with Gasteiger partial charge in [-0.2, -0.15) is 0 Å². The van der Waals surface area contributed by atoms with Crippen LogP contribution in [0.15, 0.2) is 30.3 Å². The van der Waals surface area contributed by atoms with Gasteiger partial charge in [0.15, 0.2) is 0 Å². The molecule has 1 heterocycles. The fourth-order valence-corrected chi connectivity index (χ4v) is 1.84. The number of aliphatic hydroxyl groups is 1. The highest BCUT2D eigenvalue weighted by molar-refractivity contribution is 5.67. The lowest BCUT2D eigenvalue weighted by atomic mass is 10.1. The standard InChI is InChI=1S/C13H17NO4/c15-12-6-11(8-17-9-12)14-13(16)18-7-10-4-2-1-3-5-10/h1-5,11-12,15H,6-9H2,(H,14,16)/t11-,12-/m1/s1. The molecule has 1 amide bonds. The summed E-state index contributed by atoms with van der Waals surface area (Å²) in [7, 11) is 0. The minimum Gasteiger partial charge on any atom is -0.445 e. The molecule has 1 aromatic rings. The quantitative estimate of drug-likeness (QED) is 0.843. The predicted octanol–water partition coefficient (Wildman–Crippen LogP) is 1.06. The van der Waals surface area contributed by atoms with Gasteiger partial charge in [0.25, 0.3) is 0 Å². The number of amides is 1. The molecular weight excluding hydrogens is 234 g/mol. The van der Waals surface area contributed by atoms with Crippen LogP contribution in [0.5, 0.6) is 0 Å². The highest BCUT2D eigenvalue weighted by Gasteiger charge is 2.22. The summed E-state index contributed by atoms with van der Waals surface area (Å²) < 4.78 is 10.2. The van der Waals surface area contributed by atoms with Crippen molar-refractivity contribution in [2.45, 2.75) is 25.2 Å². The molecule has 2 atom stereocenters. The second kappa shape index (κ2) is 6.37. The molecule has 5 heteroatoms. The van der Waals surface area contributed by atoms with Crippen LogP contribution in [0.3, 0.4) is 0 Å². The van der Waals surface area contributed by atoms with Crippen LogP contribution in [0, 0.1) is 0 Å². The molecule has 0 saturated carbocycles. The molecule has 1 aliphatic rings. The number of aliphatic hydroxyl groups excluding tert-OH is 1. The molecule has 5 nitrogen and oxygen atoms in total. The molecule has 1 aliphatic heterocycles. The van der Waals surface area contributed by atoms with Crippen LogP contribution >= 0.6 is 0 Å². The summed E-state index contributed by atoms with van der Waals surface area (Å²) in [6.45, 7) is 0.984. The number of nitrogens with one attached hydrogen (secondary N) is 1. The number of ether oxygens (including phenoxy) is 2. The minimum absolute atomic E-state index is 0.183. The monoisotopic (exact) mass is 251 g/mol. The summed E-state index contributed by atoms with van der Waals surface area (Å²) in [6.07, 6.45) is -0.500. The van der Waals surface area contributed by atoms with Crippen LogP contribution in [0.1, 0.15) is 12.0 Å². The van der Waals surface area contributed by atoms with Crippen LogP contribution in [0.4, 0.5) is 4.79 Å². The molecule has 2 rings (SSSR count). The van der Waals surface area contributed by atoms with Crippen LogP contribution in [-0.4, -0.2) is 36.6 Å². The third-order valence-corrected chi connectivity index (χ3v) is 2.72. The van der Waals surface area contributed by atoms with Crippen LogP contribution in [0.2, 0.25) is 0 Å². The molecule has 0 bridgehead atoms. The van der Waals surface area contributed by atoms with Crippen molar-refractivity contribution in [3.05, 3.63) is 35.9 Å². The zero-order valence-corrected chi connectivity index (χ0v) is 10.0. The smallest absolute Gasteiger partial charge is 0.407 e. The number of carbonyl (C=O) groups excluding carboxylic acids is 1. The molecule has 0 aliphatic carbocycles. The highest BCUT2D eigenvalue weighted by atomic mass is 16.5. The summed E-state index contributed by atoms with van der Waals surface area (Å²) in [5, 5.41) is 12.1. The molecule has 0 unspecified atom stereocenters. The van der Waals surface area contributed by atoms with Gasteiger partial charge < -0.3 is 19.9 Å². The second-order valence-electron chi connectivity index (χ2n) is 4.33. The van der Waals surface area contributed by atoms with E-state index in [9.17, 15) is 9.90 Å². The van der Waals surface area contributed by atoms with Gasteiger partial charge in [-0.15, -0.1) is 0 Å². The highest BCUT2D eigenvalue weighted by Crippen LogP contribution is 2.07. The first-order valence-corrected chi connectivity index (χ1v) is 5.97. The van der Waals surface area contributed by atoms with Gasteiger partial charge in [-0.25, -0.2) is 4.79 Å². The van der Waals surface area contributed by atoms with E-state index in [0.717, 1.165) is 5.56 Å². The Balaban J connectivity index is 1.72. The van der Waals surface area contributed by atoms with E-state index in [4.69, 9.17) is 9.47 Å². The van der Waals surface area contributed by atoms with E-state index in [2.05, 4.69) is 5.32 Å². The summed E-state index contributed by atoms with van der Waals surface area (Å²) in [4.78, 5) is 11.5. The minimum atomic E-state index is -0.516. The Bertz CT molecular complexity index is 382. The van der Waals surface area contributed by atoms with Crippen molar-refractivity contribution < 1.29 is 19.4 Å². The van der Waals surface area contributed by atoms with E-state index in [1.54, 1.807) is 0 Å². The third-order valence-electron chi connectivity index (χ3n) is 2.72. The van der Waals surface area contributed by atoms with E-state index in [-0.39, 0.29) is 12.6 Å². The molecule has 0 radical (unpaired) electrons. The van der Waals surface area contributed by atoms with Crippen molar-refractivity contribution in [2.75, 3.05) is 13.2 Å². The Morgan fingerprint density at radius 2 is 2.17 bits per heavy atom. The van der Waals surface area contributed by atoms with Gasteiger partial charge in [0.05, 0.1) is 25.4 Å². The third kappa shape index (κ3) is 4.01. The lowest BCUT2D eigenvalue weighted by molar-refractivity contribution is -0.0228. The van der Waals surface area contributed by atoms with Crippen molar-refractivity contribution >= 4 is 6.09 Å². The lowest BCUT2D eigenvalue weighted by Crippen LogP contribution is -2.45. The largest absolute Gasteiger partial charge is 0.445 e. The number of carbonyl (C=O) groups is 1. The maximum atomic E-state index is 11.5. The van der Waals surface area contributed by atoms with E-state index < -0.39 is 12.2 Å². The van der Waals surface area contributed by atoms with Crippen LogP contribution in [0.25, 0.3) is 0 Å². The van der Waals surface area contributed by atoms with E-state index in [1.807, 2.05) is 30.3 Å². The second-order valence-corrected chi connectivity index (χ2v) is 4.33. The Kier molecular flexibility index (Phi) is 4.55. The first kappa shape index (κ1) is 12.9. The van der Waals surface area contributed by atoms with E-state index >= 15 is 0 Å². The molecule has 2 N–H and O–H groups in total. The molecular formula is C13H17NO4. The average molecular weight is 251 g/mol. The van der Waals surface area contributed by atoms with Crippen LogP contribution < -0.4 is 5.32 Å². The Hall–Kier alpha value is -1.59. The van der Waals surface area contributed by atoms with Crippen molar-refractivity contribution in [3.63, 3.8) is 0 Å². The van der Waals surface area contributed by atoms with Gasteiger partial charge in [-0.05, 0) is 12.0 Å². The Labute approximate surface area is 106 Å². The van der Waals surface area contributed by atoms with Gasteiger partial charge in [-0.1, -0.05) is 30.3 Å². The number of hydrogen-bond donors (Lipinski definition) is 2. The van der Waals surface area contributed by atoms with Gasteiger partial charge in [0.2, 0.25) is 0 Å². The lowest BCUT2D eigenvalue weighted by Gasteiger charge is -2.26. The first-order valence-electron chi connectivity index (χ1n) is 5.97. The van der Waals surface area contributed by atoms with Crippen LogP contribution in [-0.2, 0) is 16.1 Å². The molecule has 1 aromatic carbocycles. The Morgan fingerprint density at radius 3 is 2.89 bits per heavy atom. The summed E-state index contributed by atoms with van der Waals surface area (Å²) in [5.74, 6) is 0. The molecule has 0 spiro atoms. The Morgan fingerprint density at radius 1 is 1.39 bits per heavy atom. The molecule has 0 aromatic heterocycles. The number of benzene rings is 1. The topological polar surface area (TPSA) is 67.8 Å². The van der Waals surface area contributed by atoms with Crippen molar-refractivity contribution in [1.29, 1.82) is 0 Å². The maximum Gasteiger partial charge on any atom is 0.407 e. The SMILES string of the molecule is O=C(N[C@H]1COC[C@H](O)C1)OCc1ccccc1. The van der Waals surface area contributed by atoms with Gasteiger partial charge in [-0.3, -0.25) is 0 Å². The number of alkyl carbamates (subject to hydrolysis) is 1. The molecule has 1 saturated heterocycles. The number of hydrogen-bond acceptors (Lipinski definition) is 4. The van der Waals surface area contributed by atoms with Gasteiger partial charge >= 0.3 is 6.09 Å². The van der Waals surface area contributed by atoms with E-state index in [1.165, 1.54) is 0 Å². The zero-order chi connectivity index (χ0) is 12.8. The van der Waals surface area contributed by atoms with Crippen molar-refractivity contribution in [2.24, 2.45) is 0 Å². The molecule has 1 fully saturated rings. The average Bonchev–Trinajstić information content (AvgIpc) is 2.38. The normalized spacial score (nSPS) is 23.4. The van der Waals surface area contributed by atoms with Gasteiger partial charge in [0.1, 0.15) is 6.61 Å². The van der Waals surface area contributed by atoms with Gasteiger partial charge in [0, 0.05) is 0 Å². The van der Waals surface area contributed by atoms with Crippen molar-refractivity contribution in [1.82, 2.24) is 5.32 Å². The predicted molar refractivity (Wildman–Crippen MR) is 65.0 cm³/mol. The van der Waals surface area contributed by atoms with E-state index in [0.29, 0.717) is 19.6 Å². The van der Waals surface area contributed by atoms with Crippen molar-refractivity contribution in [3.8, 4) is 0 Å².